The van der Waals surface area contributed by atoms with Crippen LogP contribution in [0.3, 0.4) is 0 Å². The summed E-state index contributed by atoms with van der Waals surface area (Å²) in [6.07, 6.45) is 3.70. The highest BCUT2D eigenvalue weighted by molar-refractivity contribution is 9.09. The molecule has 1 aliphatic heterocycles. The van der Waals surface area contributed by atoms with Crippen LogP contribution in [0, 0.1) is 6.92 Å². The smallest absolute Gasteiger partial charge is 0.229 e. The Morgan fingerprint density at radius 3 is 3.00 bits per heavy atom. The van der Waals surface area contributed by atoms with E-state index in [1.165, 1.54) is 19.3 Å². The SMILES string of the molecule is CCOc1cc(C)nc(N2CCCCC2CBr)n1. The van der Waals surface area contributed by atoms with Crippen LogP contribution in [0.15, 0.2) is 6.07 Å². The highest BCUT2D eigenvalue weighted by Crippen LogP contribution is 2.24. The molecule has 2 heterocycles. The molecule has 1 aliphatic rings. The number of aryl methyl sites for hydroxylation is 1. The number of rotatable bonds is 4. The van der Waals surface area contributed by atoms with E-state index in [2.05, 4.69) is 30.8 Å². The third kappa shape index (κ3) is 3.13. The first kappa shape index (κ1) is 13.6. The molecule has 0 bridgehead atoms. The number of nitrogens with zero attached hydrogens (tertiary/aromatic N) is 3. The van der Waals surface area contributed by atoms with Crippen molar-refractivity contribution in [2.45, 2.75) is 39.2 Å². The molecule has 1 aromatic rings. The lowest BCUT2D eigenvalue weighted by Crippen LogP contribution is -2.41. The van der Waals surface area contributed by atoms with Crippen LogP contribution in [0.2, 0.25) is 0 Å². The van der Waals surface area contributed by atoms with Crippen molar-refractivity contribution in [1.29, 1.82) is 0 Å². The van der Waals surface area contributed by atoms with Gasteiger partial charge in [-0.05, 0) is 33.1 Å². The number of aromatic nitrogens is 2. The minimum atomic E-state index is 0.495. The maximum Gasteiger partial charge on any atom is 0.229 e. The Kier molecular flexibility index (Phi) is 4.80. The summed E-state index contributed by atoms with van der Waals surface area (Å²) in [5, 5.41) is 0.967. The Balaban J connectivity index is 2.24. The highest BCUT2D eigenvalue weighted by Gasteiger charge is 2.24. The molecule has 0 N–H and O–H groups in total. The first-order valence-corrected chi connectivity index (χ1v) is 7.67. The van der Waals surface area contributed by atoms with E-state index in [1.807, 2.05) is 19.9 Å². The molecule has 0 aromatic carbocycles. The van der Waals surface area contributed by atoms with Crippen LogP contribution in [0.25, 0.3) is 0 Å². The van der Waals surface area contributed by atoms with Crippen LogP contribution in [0.1, 0.15) is 31.9 Å². The van der Waals surface area contributed by atoms with E-state index in [4.69, 9.17) is 4.74 Å². The van der Waals surface area contributed by atoms with E-state index in [1.54, 1.807) is 0 Å². The molecular formula is C13H20BrN3O. The van der Waals surface area contributed by atoms with Crippen molar-refractivity contribution in [1.82, 2.24) is 9.97 Å². The molecule has 100 valence electrons. The zero-order chi connectivity index (χ0) is 13.0. The van der Waals surface area contributed by atoms with Gasteiger partial charge in [0.1, 0.15) is 0 Å². The molecular weight excluding hydrogens is 294 g/mol. The van der Waals surface area contributed by atoms with Crippen molar-refractivity contribution in [3.63, 3.8) is 0 Å². The summed E-state index contributed by atoms with van der Waals surface area (Å²) in [5.74, 6) is 1.49. The lowest BCUT2D eigenvalue weighted by molar-refractivity contribution is 0.325. The van der Waals surface area contributed by atoms with Gasteiger partial charge in [-0.15, -0.1) is 0 Å². The molecule has 2 rings (SSSR count). The first-order valence-electron chi connectivity index (χ1n) is 6.55. The van der Waals surface area contributed by atoms with Crippen molar-refractivity contribution in [3.8, 4) is 5.88 Å². The minimum Gasteiger partial charge on any atom is -0.478 e. The molecule has 1 fully saturated rings. The molecule has 1 saturated heterocycles. The summed E-state index contributed by atoms with van der Waals surface area (Å²) in [5.41, 5.74) is 0.961. The zero-order valence-electron chi connectivity index (χ0n) is 11.0. The van der Waals surface area contributed by atoms with E-state index < -0.39 is 0 Å². The average molecular weight is 314 g/mol. The van der Waals surface area contributed by atoms with Gasteiger partial charge in [-0.2, -0.15) is 4.98 Å². The van der Waals surface area contributed by atoms with Gasteiger partial charge in [0.2, 0.25) is 11.8 Å². The van der Waals surface area contributed by atoms with Gasteiger partial charge < -0.3 is 9.64 Å². The number of hydrogen-bond donors (Lipinski definition) is 0. The molecule has 1 aromatic heterocycles. The van der Waals surface area contributed by atoms with Gasteiger partial charge in [0.25, 0.3) is 0 Å². The summed E-state index contributed by atoms with van der Waals surface area (Å²) >= 11 is 3.59. The van der Waals surface area contributed by atoms with Gasteiger partial charge in [0.15, 0.2) is 0 Å². The van der Waals surface area contributed by atoms with E-state index in [-0.39, 0.29) is 0 Å². The van der Waals surface area contributed by atoms with E-state index >= 15 is 0 Å². The molecule has 0 aliphatic carbocycles. The van der Waals surface area contributed by atoms with Crippen molar-refractivity contribution < 1.29 is 4.74 Å². The molecule has 1 atom stereocenters. The fourth-order valence-corrected chi connectivity index (χ4v) is 2.97. The second kappa shape index (κ2) is 6.36. The summed E-state index contributed by atoms with van der Waals surface area (Å²) in [4.78, 5) is 11.4. The Morgan fingerprint density at radius 1 is 1.44 bits per heavy atom. The van der Waals surface area contributed by atoms with E-state index in [9.17, 15) is 0 Å². The lowest BCUT2D eigenvalue weighted by Gasteiger charge is -2.34. The fraction of sp³-hybridized carbons (Fsp3) is 0.692. The zero-order valence-corrected chi connectivity index (χ0v) is 12.6. The summed E-state index contributed by atoms with van der Waals surface area (Å²) < 4.78 is 5.50. The van der Waals surface area contributed by atoms with Gasteiger partial charge in [0.05, 0.1) is 6.61 Å². The number of anilines is 1. The van der Waals surface area contributed by atoms with Crippen molar-refractivity contribution in [3.05, 3.63) is 11.8 Å². The third-order valence-electron chi connectivity index (χ3n) is 3.17. The van der Waals surface area contributed by atoms with Crippen molar-refractivity contribution >= 4 is 21.9 Å². The molecule has 0 amide bonds. The quantitative estimate of drug-likeness (QED) is 0.801. The summed E-state index contributed by atoms with van der Waals surface area (Å²) in [6, 6.07) is 2.38. The highest BCUT2D eigenvalue weighted by atomic mass is 79.9. The van der Waals surface area contributed by atoms with Crippen LogP contribution >= 0.6 is 15.9 Å². The van der Waals surface area contributed by atoms with Gasteiger partial charge >= 0.3 is 0 Å². The topological polar surface area (TPSA) is 38.2 Å². The van der Waals surface area contributed by atoms with Crippen LogP contribution in [0.4, 0.5) is 5.95 Å². The maximum atomic E-state index is 5.50. The second-order valence-electron chi connectivity index (χ2n) is 4.58. The molecule has 0 radical (unpaired) electrons. The Morgan fingerprint density at radius 2 is 2.28 bits per heavy atom. The Bertz CT molecular complexity index is 400. The van der Waals surface area contributed by atoms with Gasteiger partial charge in [0, 0.05) is 29.7 Å². The van der Waals surface area contributed by atoms with Crippen molar-refractivity contribution in [2.75, 3.05) is 23.4 Å². The molecule has 5 heteroatoms. The number of piperidine rings is 1. The predicted octanol–water partition coefficient (Wildman–Crippen LogP) is 2.94. The number of hydrogen-bond acceptors (Lipinski definition) is 4. The lowest BCUT2D eigenvalue weighted by atomic mass is 10.0. The van der Waals surface area contributed by atoms with E-state index in [0.29, 0.717) is 18.5 Å². The third-order valence-corrected chi connectivity index (χ3v) is 3.92. The molecule has 0 saturated carbocycles. The van der Waals surface area contributed by atoms with Gasteiger partial charge in [-0.3, -0.25) is 0 Å². The number of ether oxygens (including phenoxy) is 1. The minimum absolute atomic E-state index is 0.495. The van der Waals surface area contributed by atoms with Crippen LogP contribution in [0.5, 0.6) is 5.88 Å². The normalized spacial score (nSPS) is 19.9. The largest absolute Gasteiger partial charge is 0.478 e. The summed E-state index contributed by atoms with van der Waals surface area (Å²) in [6.45, 7) is 5.63. The van der Waals surface area contributed by atoms with Crippen LogP contribution in [-0.2, 0) is 0 Å². The average Bonchev–Trinajstić information content (AvgIpc) is 2.38. The second-order valence-corrected chi connectivity index (χ2v) is 5.23. The number of halogens is 1. The molecule has 4 nitrogen and oxygen atoms in total. The van der Waals surface area contributed by atoms with Gasteiger partial charge in [-0.25, -0.2) is 4.98 Å². The van der Waals surface area contributed by atoms with Crippen LogP contribution < -0.4 is 9.64 Å². The fourth-order valence-electron chi connectivity index (χ4n) is 2.30. The molecule has 18 heavy (non-hydrogen) atoms. The molecule has 0 spiro atoms. The molecule has 1 unspecified atom stereocenters. The monoisotopic (exact) mass is 313 g/mol. The Hall–Kier alpha value is -0.840. The standard InChI is InChI=1S/C13H20BrN3O/c1-3-18-12-8-10(2)15-13(16-12)17-7-5-4-6-11(17)9-14/h8,11H,3-7,9H2,1-2H3. The maximum absolute atomic E-state index is 5.50. The van der Waals surface area contributed by atoms with Crippen LogP contribution in [-0.4, -0.2) is 34.5 Å². The summed E-state index contributed by atoms with van der Waals surface area (Å²) in [7, 11) is 0. The first-order chi connectivity index (χ1) is 8.74. The predicted molar refractivity (Wildman–Crippen MR) is 76.7 cm³/mol. The van der Waals surface area contributed by atoms with Gasteiger partial charge in [-0.1, -0.05) is 15.9 Å². The number of alkyl halides is 1. The Labute approximate surface area is 117 Å². The van der Waals surface area contributed by atoms with E-state index in [0.717, 1.165) is 23.5 Å². The van der Waals surface area contributed by atoms with Crippen molar-refractivity contribution in [2.24, 2.45) is 0 Å².